The average molecular weight is 359 g/mol. The van der Waals surface area contributed by atoms with Crippen molar-refractivity contribution >= 4 is 22.1 Å². The monoisotopic (exact) mass is 359 g/mol. The molecule has 0 spiro atoms. The van der Waals surface area contributed by atoms with Gasteiger partial charge in [-0.2, -0.15) is 0 Å². The van der Waals surface area contributed by atoms with E-state index in [1.165, 1.54) is 0 Å². The van der Waals surface area contributed by atoms with Crippen LogP contribution >= 0.6 is 0 Å². The van der Waals surface area contributed by atoms with Gasteiger partial charge < -0.3 is 4.74 Å². The standard InChI is InChI=1S/C19H21NO4S/c1-25(22,23)20-14-13-17-9-11-18(12-10-17)19(21)24-15-5-8-16-6-3-2-4-7-16/h2-12,20H,13-15H2,1H3. The molecule has 0 amide bonds. The molecule has 2 aromatic carbocycles. The number of benzene rings is 2. The minimum absolute atomic E-state index is 0.202. The predicted octanol–water partition coefficient (Wildman–Crippen LogP) is 2.65. The lowest BCUT2D eigenvalue weighted by Gasteiger charge is -2.05. The molecular weight excluding hydrogens is 338 g/mol. The maximum Gasteiger partial charge on any atom is 0.338 e. The van der Waals surface area contributed by atoms with Gasteiger partial charge in [0.05, 0.1) is 11.8 Å². The lowest BCUT2D eigenvalue weighted by Crippen LogP contribution is -2.24. The Balaban J connectivity index is 1.79. The van der Waals surface area contributed by atoms with Crippen molar-refractivity contribution in [1.29, 1.82) is 0 Å². The molecule has 2 rings (SSSR count). The number of carbonyl (C=O) groups is 1. The molecule has 25 heavy (non-hydrogen) atoms. The van der Waals surface area contributed by atoms with Crippen LogP contribution in [0, 0.1) is 0 Å². The van der Waals surface area contributed by atoms with E-state index in [0.29, 0.717) is 18.5 Å². The van der Waals surface area contributed by atoms with Crippen molar-refractivity contribution in [1.82, 2.24) is 4.72 Å². The molecule has 132 valence electrons. The summed E-state index contributed by atoms with van der Waals surface area (Å²) in [4.78, 5) is 12.0. The fraction of sp³-hybridized carbons (Fsp3) is 0.211. The first kappa shape index (κ1) is 18.9. The van der Waals surface area contributed by atoms with Crippen molar-refractivity contribution in [2.75, 3.05) is 19.4 Å². The van der Waals surface area contributed by atoms with E-state index >= 15 is 0 Å². The summed E-state index contributed by atoms with van der Waals surface area (Å²) in [6.45, 7) is 0.528. The van der Waals surface area contributed by atoms with Gasteiger partial charge in [-0.05, 0) is 35.8 Å². The molecular formula is C19H21NO4S. The zero-order chi connectivity index (χ0) is 18.1. The molecule has 0 aliphatic rings. The molecule has 0 radical (unpaired) electrons. The Morgan fingerprint density at radius 1 is 1.08 bits per heavy atom. The SMILES string of the molecule is CS(=O)(=O)NCCc1ccc(C(=O)OCC=Cc2ccccc2)cc1. The number of carbonyl (C=O) groups excluding carboxylic acids is 1. The van der Waals surface area contributed by atoms with Crippen molar-refractivity contribution in [2.45, 2.75) is 6.42 Å². The fourth-order valence-corrected chi connectivity index (χ4v) is 2.62. The van der Waals surface area contributed by atoms with Crippen molar-refractivity contribution in [3.05, 3.63) is 77.4 Å². The van der Waals surface area contributed by atoms with Gasteiger partial charge in [0.1, 0.15) is 6.61 Å². The molecule has 6 heteroatoms. The third-order valence-electron chi connectivity index (χ3n) is 3.39. The number of hydrogen-bond acceptors (Lipinski definition) is 4. The fourth-order valence-electron chi connectivity index (χ4n) is 2.14. The molecule has 0 fully saturated rings. The smallest absolute Gasteiger partial charge is 0.338 e. The normalized spacial score (nSPS) is 11.6. The molecule has 0 atom stereocenters. The van der Waals surface area contributed by atoms with Crippen LogP contribution < -0.4 is 4.72 Å². The van der Waals surface area contributed by atoms with Crippen LogP contribution in [0.5, 0.6) is 0 Å². The topological polar surface area (TPSA) is 72.5 Å². The van der Waals surface area contributed by atoms with Crippen molar-refractivity contribution in [3.8, 4) is 0 Å². The van der Waals surface area contributed by atoms with Crippen LogP contribution in [0.15, 0.2) is 60.7 Å². The number of nitrogens with one attached hydrogen (secondary N) is 1. The van der Waals surface area contributed by atoms with E-state index in [9.17, 15) is 13.2 Å². The first-order valence-electron chi connectivity index (χ1n) is 7.86. The third-order valence-corrected chi connectivity index (χ3v) is 4.12. The second-order valence-electron chi connectivity index (χ2n) is 5.52. The van der Waals surface area contributed by atoms with E-state index in [4.69, 9.17) is 4.74 Å². The van der Waals surface area contributed by atoms with E-state index in [0.717, 1.165) is 17.4 Å². The third kappa shape index (κ3) is 7.32. The molecule has 5 nitrogen and oxygen atoms in total. The number of ether oxygens (including phenoxy) is 1. The Kier molecular flexibility index (Phi) is 6.91. The van der Waals surface area contributed by atoms with Gasteiger partial charge >= 0.3 is 5.97 Å². The summed E-state index contributed by atoms with van der Waals surface area (Å²) >= 11 is 0. The van der Waals surface area contributed by atoms with Crippen LogP contribution in [0.2, 0.25) is 0 Å². The van der Waals surface area contributed by atoms with E-state index in [-0.39, 0.29) is 6.61 Å². The highest BCUT2D eigenvalue weighted by Crippen LogP contribution is 2.07. The first-order valence-corrected chi connectivity index (χ1v) is 9.75. The summed E-state index contributed by atoms with van der Waals surface area (Å²) in [5.74, 6) is -0.390. The van der Waals surface area contributed by atoms with E-state index in [2.05, 4.69) is 4.72 Å². The Morgan fingerprint density at radius 2 is 1.76 bits per heavy atom. The van der Waals surface area contributed by atoms with Crippen LogP contribution in [0.4, 0.5) is 0 Å². The summed E-state index contributed by atoms with van der Waals surface area (Å²) in [5, 5.41) is 0. The minimum Gasteiger partial charge on any atom is -0.458 e. The molecule has 1 N–H and O–H groups in total. The molecule has 0 heterocycles. The molecule has 0 saturated carbocycles. The zero-order valence-corrected chi connectivity index (χ0v) is 14.8. The maximum atomic E-state index is 12.0. The van der Waals surface area contributed by atoms with E-state index in [1.807, 2.05) is 36.4 Å². The van der Waals surface area contributed by atoms with Crippen molar-refractivity contribution in [3.63, 3.8) is 0 Å². The number of rotatable bonds is 8. The number of sulfonamides is 1. The van der Waals surface area contributed by atoms with Gasteiger partial charge in [0.15, 0.2) is 0 Å². The predicted molar refractivity (Wildman–Crippen MR) is 98.8 cm³/mol. The number of esters is 1. The average Bonchev–Trinajstić information content (AvgIpc) is 2.59. The molecule has 0 aromatic heterocycles. The maximum absolute atomic E-state index is 12.0. The highest BCUT2D eigenvalue weighted by molar-refractivity contribution is 7.88. The van der Waals surface area contributed by atoms with Gasteiger partial charge in [0.2, 0.25) is 10.0 Å². The van der Waals surface area contributed by atoms with Crippen molar-refractivity contribution < 1.29 is 17.9 Å². The Labute approximate surface area is 148 Å². The summed E-state index contributed by atoms with van der Waals surface area (Å²) in [7, 11) is -3.18. The van der Waals surface area contributed by atoms with Gasteiger partial charge in [-0.25, -0.2) is 17.9 Å². The molecule has 0 bridgehead atoms. The quantitative estimate of drug-likeness (QED) is 0.736. The minimum atomic E-state index is -3.18. The van der Waals surface area contributed by atoms with Gasteiger partial charge in [-0.3, -0.25) is 0 Å². The highest BCUT2D eigenvalue weighted by Gasteiger charge is 2.06. The molecule has 2 aromatic rings. The highest BCUT2D eigenvalue weighted by atomic mass is 32.2. The van der Waals surface area contributed by atoms with Gasteiger partial charge in [-0.1, -0.05) is 48.5 Å². The van der Waals surface area contributed by atoms with Gasteiger partial charge in [0.25, 0.3) is 0 Å². The van der Waals surface area contributed by atoms with E-state index < -0.39 is 16.0 Å². The van der Waals surface area contributed by atoms with Gasteiger partial charge in [-0.15, -0.1) is 0 Å². The second kappa shape index (κ2) is 9.15. The molecule has 0 saturated heterocycles. The summed E-state index contributed by atoms with van der Waals surface area (Å²) in [5.41, 5.74) is 2.45. The number of hydrogen-bond donors (Lipinski definition) is 1. The summed E-state index contributed by atoms with van der Waals surface area (Å²) < 4.78 is 29.6. The van der Waals surface area contributed by atoms with Crippen LogP contribution in [0.25, 0.3) is 6.08 Å². The molecule has 0 unspecified atom stereocenters. The van der Waals surface area contributed by atoms with Crippen molar-refractivity contribution in [2.24, 2.45) is 0 Å². The summed E-state index contributed by atoms with van der Waals surface area (Å²) in [6.07, 6.45) is 5.37. The lowest BCUT2D eigenvalue weighted by molar-refractivity contribution is 0.0550. The molecule has 0 aliphatic heterocycles. The summed E-state index contributed by atoms with van der Waals surface area (Å²) in [6, 6.07) is 16.7. The Bertz CT molecular complexity index is 812. The molecule has 0 aliphatic carbocycles. The Hall–Kier alpha value is -2.44. The zero-order valence-electron chi connectivity index (χ0n) is 14.0. The van der Waals surface area contributed by atoms with Crippen LogP contribution in [0.1, 0.15) is 21.5 Å². The van der Waals surface area contributed by atoms with Gasteiger partial charge in [0, 0.05) is 6.54 Å². The largest absolute Gasteiger partial charge is 0.458 e. The first-order chi connectivity index (χ1) is 11.9. The van der Waals surface area contributed by atoms with Crippen LogP contribution in [-0.2, 0) is 21.2 Å². The van der Waals surface area contributed by atoms with E-state index in [1.54, 1.807) is 30.3 Å². The van der Waals surface area contributed by atoms with Crippen LogP contribution in [0.3, 0.4) is 0 Å². The Morgan fingerprint density at radius 3 is 2.40 bits per heavy atom. The lowest BCUT2D eigenvalue weighted by atomic mass is 10.1. The second-order valence-corrected chi connectivity index (χ2v) is 7.36. The van der Waals surface area contributed by atoms with Crippen LogP contribution in [-0.4, -0.2) is 33.8 Å².